The molecule has 1 amide bonds. The predicted octanol–water partition coefficient (Wildman–Crippen LogP) is 0.629. The number of quaternary nitrogens is 2. The van der Waals surface area contributed by atoms with Crippen molar-refractivity contribution in [2.75, 3.05) is 27.2 Å². The van der Waals surface area contributed by atoms with Gasteiger partial charge < -0.3 is 15.5 Å². The molecular weight excluding hydrogens is 322 g/mol. The van der Waals surface area contributed by atoms with Gasteiger partial charge in [0.25, 0.3) is 5.91 Å². The van der Waals surface area contributed by atoms with Crippen molar-refractivity contribution in [3.8, 4) is 0 Å². The minimum absolute atomic E-state index is 0.132. The maximum atomic E-state index is 12.5. The highest BCUT2D eigenvalue weighted by molar-refractivity contribution is 5.77. The van der Waals surface area contributed by atoms with E-state index in [9.17, 15) is 4.79 Å². The zero-order valence-electron chi connectivity index (χ0n) is 15.9. The summed E-state index contributed by atoms with van der Waals surface area (Å²) in [6.07, 6.45) is 3.31. The Morgan fingerprint density at radius 3 is 2.65 bits per heavy atom. The lowest BCUT2D eigenvalue weighted by Gasteiger charge is -2.26. The molecule has 0 aromatic heterocycles. The number of benzene rings is 2. The van der Waals surface area contributed by atoms with Crippen LogP contribution in [0, 0.1) is 0 Å². The summed E-state index contributed by atoms with van der Waals surface area (Å²) in [4.78, 5) is 13.8. The van der Waals surface area contributed by atoms with Crippen LogP contribution in [0.4, 0.5) is 0 Å². The van der Waals surface area contributed by atoms with Crippen LogP contribution in [0.15, 0.2) is 54.6 Å². The van der Waals surface area contributed by atoms with E-state index in [1.54, 1.807) is 0 Å². The highest BCUT2D eigenvalue weighted by Gasteiger charge is 2.23. The molecule has 3 rings (SSSR count). The first-order valence-electron chi connectivity index (χ1n) is 9.69. The van der Waals surface area contributed by atoms with Gasteiger partial charge in [-0.05, 0) is 30.4 Å². The Hall–Kier alpha value is -2.17. The Morgan fingerprint density at radius 1 is 1.15 bits per heavy atom. The van der Waals surface area contributed by atoms with Crippen LogP contribution in [-0.2, 0) is 11.2 Å². The Morgan fingerprint density at radius 2 is 1.88 bits per heavy atom. The molecule has 0 saturated carbocycles. The van der Waals surface area contributed by atoms with E-state index in [-0.39, 0.29) is 11.9 Å². The summed E-state index contributed by atoms with van der Waals surface area (Å²) >= 11 is 0. The van der Waals surface area contributed by atoms with Gasteiger partial charge in [0.2, 0.25) is 0 Å². The molecule has 2 atom stereocenters. The number of nitrogens with two attached hydrogens (primary N) is 1. The molecule has 0 unspecified atom stereocenters. The van der Waals surface area contributed by atoms with Crippen molar-refractivity contribution in [3.63, 3.8) is 0 Å². The Bertz CT molecular complexity index is 714. The highest BCUT2D eigenvalue weighted by Crippen LogP contribution is 2.29. The number of hydrogen-bond donors (Lipinski definition) is 3. The molecule has 4 heteroatoms. The van der Waals surface area contributed by atoms with Crippen molar-refractivity contribution in [3.05, 3.63) is 71.3 Å². The largest absolute Gasteiger partial charge is 0.344 e. The zero-order chi connectivity index (χ0) is 18.4. The number of aryl methyl sites for hydroxylation is 1. The van der Waals surface area contributed by atoms with Crippen LogP contribution in [0.3, 0.4) is 0 Å². The van der Waals surface area contributed by atoms with E-state index in [0.29, 0.717) is 12.6 Å². The summed E-state index contributed by atoms with van der Waals surface area (Å²) < 4.78 is 0. The fraction of sp³-hybridized carbons (Fsp3) is 0.409. The maximum absolute atomic E-state index is 12.5. The minimum Gasteiger partial charge on any atom is -0.344 e. The fourth-order valence-corrected chi connectivity index (χ4v) is 3.93. The number of amides is 1. The fourth-order valence-electron chi connectivity index (χ4n) is 3.93. The van der Waals surface area contributed by atoms with Crippen molar-refractivity contribution in [1.29, 1.82) is 0 Å². The Kier molecular flexibility index (Phi) is 6.42. The molecule has 2 aromatic rings. The standard InChI is InChI=1S/C22H29N3O/c1-25(2)21(18-10-4-3-5-11-18)15-23-16-22(26)24-20-14-8-12-17-9-6-7-13-19(17)20/h3-7,9-11,13,20-21,23H,8,12,14-16H2,1-2H3,(H,24,26)/p+2/t20-,21-/m1/s1. The van der Waals surface area contributed by atoms with E-state index >= 15 is 0 Å². The van der Waals surface area contributed by atoms with Crippen molar-refractivity contribution < 1.29 is 15.0 Å². The molecule has 0 spiro atoms. The van der Waals surface area contributed by atoms with E-state index in [1.807, 2.05) is 6.07 Å². The molecule has 4 nitrogen and oxygen atoms in total. The lowest BCUT2D eigenvalue weighted by Crippen LogP contribution is -3.09. The van der Waals surface area contributed by atoms with E-state index in [1.165, 1.54) is 21.6 Å². The third kappa shape index (κ3) is 4.71. The summed E-state index contributed by atoms with van der Waals surface area (Å²) in [5.74, 6) is 0.132. The topological polar surface area (TPSA) is 50.2 Å². The van der Waals surface area contributed by atoms with Crippen molar-refractivity contribution in [2.45, 2.75) is 31.3 Å². The number of carbonyl (C=O) groups excluding carboxylic acids is 1. The maximum Gasteiger partial charge on any atom is 0.275 e. The smallest absolute Gasteiger partial charge is 0.275 e. The van der Waals surface area contributed by atoms with E-state index in [2.05, 4.69) is 73.3 Å². The summed E-state index contributed by atoms with van der Waals surface area (Å²) in [5, 5.41) is 5.37. The molecule has 0 heterocycles. The molecule has 0 fully saturated rings. The predicted molar refractivity (Wildman–Crippen MR) is 104 cm³/mol. The van der Waals surface area contributed by atoms with Crippen LogP contribution in [0.1, 0.15) is 41.6 Å². The zero-order valence-corrected chi connectivity index (χ0v) is 15.9. The molecular formula is C22H31N3O+2. The molecule has 0 saturated heterocycles. The van der Waals surface area contributed by atoms with Crippen LogP contribution < -0.4 is 15.5 Å². The van der Waals surface area contributed by atoms with Crippen LogP contribution >= 0.6 is 0 Å². The molecule has 138 valence electrons. The van der Waals surface area contributed by atoms with Crippen molar-refractivity contribution >= 4 is 5.91 Å². The number of fused-ring (bicyclic) bond motifs is 1. The van der Waals surface area contributed by atoms with E-state index in [4.69, 9.17) is 0 Å². The molecule has 0 radical (unpaired) electrons. The molecule has 26 heavy (non-hydrogen) atoms. The average molecular weight is 354 g/mol. The van der Waals surface area contributed by atoms with Gasteiger partial charge in [0.1, 0.15) is 6.54 Å². The SMILES string of the molecule is C[NH+](C)[C@H](C[NH2+]CC(=O)N[C@@H]1CCCc2ccccc21)c1ccccc1. The van der Waals surface area contributed by atoms with E-state index < -0.39 is 0 Å². The number of carbonyl (C=O) groups is 1. The normalized spacial score (nSPS) is 17.6. The van der Waals surface area contributed by atoms with Crippen LogP contribution in [0.25, 0.3) is 0 Å². The quantitative estimate of drug-likeness (QED) is 0.672. The summed E-state index contributed by atoms with van der Waals surface area (Å²) in [6.45, 7) is 1.39. The summed E-state index contributed by atoms with van der Waals surface area (Å²) in [7, 11) is 4.34. The van der Waals surface area contributed by atoms with Gasteiger partial charge in [0.05, 0.1) is 20.1 Å². The van der Waals surface area contributed by atoms with Crippen LogP contribution in [0.5, 0.6) is 0 Å². The third-order valence-electron chi connectivity index (χ3n) is 5.34. The van der Waals surface area contributed by atoms with Crippen LogP contribution in [-0.4, -0.2) is 33.1 Å². The first kappa shape index (κ1) is 18.6. The van der Waals surface area contributed by atoms with Crippen molar-refractivity contribution in [2.24, 2.45) is 0 Å². The monoisotopic (exact) mass is 353 g/mol. The third-order valence-corrected chi connectivity index (χ3v) is 5.34. The first-order chi connectivity index (χ1) is 12.6. The second kappa shape index (κ2) is 8.97. The van der Waals surface area contributed by atoms with Gasteiger partial charge in [-0.1, -0.05) is 54.6 Å². The second-order valence-electron chi connectivity index (χ2n) is 7.48. The van der Waals surface area contributed by atoms with Gasteiger partial charge in [-0.15, -0.1) is 0 Å². The minimum atomic E-state index is 0.132. The van der Waals surface area contributed by atoms with E-state index in [0.717, 1.165) is 25.8 Å². The van der Waals surface area contributed by atoms with Crippen molar-refractivity contribution in [1.82, 2.24) is 5.32 Å². The molecule has 2 aromatic carbocycles. The van der Waals surface area contributed by atoms with Gasteiger partial charge in [-0.25, -0.2) is 0 Å². The van der Waals surface area contributed by atoms with Gasteiger partial charge in [-0.2, -0.15) is 0 Å². The lowest BCUT2D eigenvalue weighted by atomic mass is 9.88. The highest BCUT2D eigenvalue weighted by atomic mass is 16.1. The van der Waals surface area contributed by atoms with Gasteiger partial charge in [0, 0.05) is 5.56 Å². The lowest BCUT2D eigenvalue weighted by molar-refractivity contribution is -0.908. The second-order valence-corrected chi connectivity index (χ2v) is 7.48. The molecule has 1 aliphatic carbocycles. The van der Waals surface area contributed by atoms with Gasteiger partial charge >= 0.3 is 0 Å². The Labute approximate surface area is 156 Å². The molecule has 1 aliphatic rings. The molecule has 0 bridgehead atoms. The number of rotatable bonds is 7. The molecule has 4 N–H and O–H groups in total. The molecule has 0 aliphatic heterocycles. The first-order valence-corrected chi connectivity index (χ1v) is 9.69. The number of likely N-dealkylation sites (N-methyl/N-ethyl adjacent to an activating group) is 1. The average Bonchev–Trinajstić information content (AvgIpc) is 2.66. The Balaban J connectivity index is 1.52. The number of nitrogens with one attached hydrogen (secondary N) is 2. The van der Waals surface area contributed by atoms with Crippen LogP contribution in [0.2, 0.25) is 0 Å². The number of hydrogen-bond acceptors (Lipinski definition) is 1. The van der Waals surface area contributed by atoms with Gasteiger partial charge in [-0.3, -0.25) is 4.79 Å². The summed E-state index contributed by atoms with van der Waals surface area (Å²) in [6, 6.07) is 19.6. The summed E-state index contributed by atoms with van der Waals surface area (Å²) in [5.41, 5.74) is 4.01. The van der Waals surface area contributed by atoms with Gasteiger partial charge in [0.15, 0.2) is 12.6 Å².